The van der Waals surface area contributed by atoms with Crippen LogP contribution in [0.25, 0.3) is 0 Å². The molecule has 0 N–H and O–H groups in total. The molecule has 12 radical (unpaired) electrons. The molecule has 0 aromatic carbocycles. The highest BCUT2D eigenvalue weighted by molar-refractivity contribution is 8.38. The Morgan fingerprint density at radius 2 is 0.750 bits per heavy atom. The first-order chi connectivity index (χ1) is 3.97. The summed E-state index contributed by atoms with van der Waals surface area (Å²) >= 11 is 0. The van der Waals surface area contributed by atoms with E-state index < -0.39 is 0 Å². The third-order valence-corrected chi connectivity index (χ3v) is 132. The molecule has 3 heterocycles. The zero-order chi connectivity index (χ0) is 5.14. The monoisotopic (exact) mass is 224 g/mol. The number of hydrogen-bond acceptors (Lipinski definition) is 0. The molecule has 32 valence electrons. The number of hydrogen-bond donors (Lipinski definition) is 0. The van der Waals surface area contributed by atoms with Gasteiger partial charge in [-0.2, -0.15) is 0 Å². The van der Waals surface area contributed by atoms with Crippen molar-refractivity contribution in [3.05, 3.63) is 0 Å². The fraction of sp³-hybridized carbons (Fsp3) is 0. The molecule has 3 aliphatic heterocycles. The van der Waals surface area contributed by atoms with Gasteiger partial charge < -0.3 is 0 Å². The second-order valence-corrected chi connectivity index (χ2v) is 54.0. The Hall–Kier alpha value is 1.74. The van der Waals surface area contributed by atoms with E-state index in [0.29, 0.717) is 29.4 Å². The predicted octanol–water partition coefficient (Wildman–Crippen LogP) is -3.05. The molecule has 0 atom stereocenters. The van der Waals surface area contributed by atoms with Gasteiger partial charge in [-0.3, -0.25) is 0 Å². The molecule has 0 aliphatic carbocycles. The molecule has 3 aliphatic rings. The van der Waals surface area contributed by atoms with Gasteiger partial charge in [0.05, 0.1) is 0 Å². The lowest BCUT2D eigenvalue weighted by molar-refractivity contribution is 3.14. The summed E-state index contributed by atoms with van der Waals surface area (Å²) in [5.74, 6) is 0. The highest BCUT2D eigenvalue weighted by atomic mass is 30.7. The summed E-state index contributed by atoms with van der Waals surface area (Å²) in [5.41, 5.74) is 0. The summed E-state index contributed by atoms with van der Waals surface area (Å²) in [4.78, 5) is 0. The van der Waals surface area contributed by atoms with E-state index in [9.17, 15) is 0 Å². The normalized spacial score (nSPS) is 39.0. The van der Waals surface area contributed by atoms with Gasteiger partial charge in [0.2, 0.25) is 0 Å². The Kier molecular flexibility index (Phi) is 1.12. The average molecular weight is 225 g/mol. The van der Waals surface area contributed by atoms with Gasteiger partial charge in [-0.25, -0.2) is 0 Å². The van der Waals surface area contributed by atoms with Gasteiger partial charge in [-0.05, 0) is 0 Å². The second kappa shape index (κ2) is 1.66. The molecule has 0 aromatic rings. The van der Waals surface area contributed by atoms with E-state index in [4.69, 9.17) is 0 Å². The van der Waals surface area contributed by atoms with Crippen molar-refractivity contribution in [2.24, 2.45) is 0 Å². The van der Waals surface area contributed by atoms with Crippen molar-refractivity contribution in [2.45, 2.75) is 0 Å². The fourth-order valence-electron chi connectivity index (χ4n) is 1.06. The molecule has 0 saturated carbocycles. The Morgan fingerprint density at radius 3 is 0.875 bits per heavy atom. The molecule has 0 spiro atoms. The van der Waals surface area contributed by atoms with E-state index in [2.05, 4.69) is 0 Å². The first-order valence-corrected chi connectivity index (χ1v) is 22.5. The summed E-state index contributed by atoms with van der Waals surface area (Å²) in [6.07, 6.45) is 0. The lowest BCUT2D eigenvalue weighted by Gasteiger charge is -2.62. The molecule has 0 amide bonds. The molecule has 0 aromatic heterocycles. The molecular weight excluding hydrogens is 225 g/mol. The Balaban J connectivity index is 1.87. The highest BCUT2D eigenvalue weighted by Gasteiger charge is 2.62. The van der Waals surface area contributed by atoms with Crippen molar-refractivity contribution in [1.29, 1.82) is 0 Å². The number of rotatable bonds is 0. The summed E-state index contributed by atoms with van der Waals surface area (Å²) in [6, 6.07) is 0. The van der Waals surface area contributed by atoms with Crippen molar-refractivity contribution in [1.82, 2.24) is 0 Å². The van der Waals surface area contributed by atoms with Gasteiger partial charge in [0, 0.05) is 63.6 Å². The minimum atomic E-state index is 0.678. The van der Waals surface area contributed by atoms with Crippen LogP contribution in [0.5, 0.6) is 0 Å². The van der Waals surface area contributed by atoms with Crippen molar-refractivity contribution >= 4 is 63.6 Å². The lowest BCUT2D eigenvalue weighted by Crippen LogP contribution is -3.00. The highest BCUT2D eigenvalue weighted by Crippen LogP contribution is 2.24. The molecule has 3 rings (SSSR count). The smallest absolute Gasteiger partial charge is 0 e. The third-order valence-electron chi connectivity index (χ3n) is 1.62. The Labute approximate surface area is 63.4 Å². The molecule has 3 saturated heterocycles. The minimum Gasteiger partial charge on any atom is 0 e. The summed E-state index contributed by atoms with van der Waals surface area (Å²) in [5, 5.41) is 0. The van der Waals surface area contributed by atoms with Crippen LogP contribution in [-0.4, -0.2) is 63.6 Å². The van der Waals surface area contributed by atoms with E-state index in [1.807, 2.05) is 0 Å². The van der Waals surface area contributed by atoms with Crippen molar-refractivity contribution in [3.8, 4) is 0 Å². The van der Waals surface area contributed by atoms with Crippen LogP contribution < -0.4 is 0 Å². The quantitative estimate of drug-likeness (QED) is 0.384. The van der Waals surface area contributed by atoms with Crippen LogP contribution in [-0.2, 0) is 0 Å². The first-order valence-electron chi connectivity index (χ1n) is 2.50. The first kappa shape index (κ1) is 5.39. The standard InChI is InChI=1S/Si8/c1-2-6-5(1)7-3-4-8(6)7. The molecule has 0 nitrogen and oxygen atoms in total. The summed E-state index contributed by atoms with van der Waals surface area (Å²) in [6.45, 7) is 0. The van der Waals surface area contributed by atoms with Gasteiger partial charge in [-0.15, -0.1) is 0 Å². The maximum Gasteiger partial charge on any atom is 0 e. The maximum atomic E-state index is 1.64. The minimum absolute atomic E-state index is 0.678. The van der Waals surface area contributed by atoms with Gasteiger partial charge in [0.15, 0.2) is 0 Å². The molecule has 3 fully saturated rings. The second-order valence-electron chi connectivity index (χ2n) is 2.00. The van der Waals surface area contributed by atoms with E-state index in [-0.39, 0.29) is 0 Å². The van der Waals surface area contributed by atoms with Gasteiger partial charge in [0.25, 0.3) is 0 Å². The summed E-state index contributed by atoms with van der Waals surface area (Å²) < 4.78 is 0. The maximum absolute atomic E-state index is 1.64. The van der Waals surface area contributed by atoms with Crippen molar-refractivity contribution in [2.75, 3.05) is 0 Å². The molecular formula is Si8. The van der Waals surface area contributed by atoms with Gasteiger partial charge in [-0.1, -0.05) is 0 Å². The van der Waals surface area contributed by atoms with Crippen LogP contribution in [0.3, 0.4) is 0 Å². The molecule has 8 heteroatoms. The van der Waals surface area contributed by atoms with Gasteiger partial charge in [0.1, 0.15) is 0 Å². The third kappa shape index (κ3) is 0.456. The molecule has 0 bridgehead atoms. The zero-order valence-corrected chi connectivity index (χ0v) is 12.0. The van der Waals surface area contributed by atoms with Crippen LogP contribution in [0.1, 0.15) is 0 Å². The Morgan fingerprint density at radius 1 is 0.500 bits per heavy atom. The van der Waals surface area contributed by atoms with E-state index >= 15 is 0 Å². The van der Waals surface area contributed by atoms with Crippen molar-refractivity contribution < 1.29 is 0 Å². The van der Waals surface area contributed by atoms with Crippen LogP contribution >= 0.6 is 0 Å². The number of fused-ring (bicyclic) bond motifs is 4. The Bertz CT molecular complexity index is 88.0. The largest absolute Gasteiger partial charge is 0 e. The average Bonchev–Trinajstić information content (AvgIpc) is 1.70. The lowest BCUT2D eigenvalue weighted by atomic mass is 25.5. The van der Waals surface area contributed by atoms with Crippen LogP contribution in [0.4, 0.5) is 0 Å². The van der Waals surface area contributed by atoms with E-state index in [0.717, 1.165) is 0 Å². The van der Waals surface area contributed by atoms with Crippen LogP contribution in [0.2, 0.25) is 0 Å². The van der Waals surface area contributed by atoms with E-state index in [1.54, 1.807) is 34.2 Å². The van der Waals surface area contributed by atoms with Crippen LogP contribution in [0.15, 0.2) is 0 Å². The topological polar surface area (TPSA) is 0 Å². The molecule has 8 heavy (non-hydrogen) atoms. The summed E-state index contributed by atoms with van der Waals surface area (Å²) in [7, 11) is 9.26. The van der Waals surface area contributed by atoms with Crippen LogP contribution in [0, 0.1) is 0 Å². The zero-order valence-electron chi connectivity index (χ0n) is 4.00. The SMILES string of the molecule is [Si]1[Si][Si]2[Si]1[Si]1[Si][Si][Si]21. The fourth-order valence-corrected chi connectivity index (χ4v) is 228. The van der Waals surface area contributed by atoms with Gasteiger partial charge >= 0.3 is 0 Å². The van der Waals surface area contributed by atoms with Crippen molar-refractivity contribution in [3.63, 3.8) is 0 Å². The predicted molar refractivity (Wildman–Crippen MR) is 46.0 cm³/mol. The van der Waals surface area contributed by atoms with E-state index in [1.165, 1.54) is 0 Å². The molecule has 0 unspecified atom stereocenters.